The molecular weight excluding hydrogens is 198 g/mol. The van der Waals surface area contributed by atoms with Gasteiger partial charge >= 0.3 is 0 Å². The predicted molar refractivity (Wildman–Crippen MR) is 68.7 cm³/mol. The molecule has 1 heterocycles. The first-order valence-electron chi connectivity index (χ1n) is 6.84. The molecule has 0 aromatic heterocycles. The minimum absolute atomic E-state index is 0.765. The molecule has 1 saturated carbocycles. The average molecular weight is 225 g/mol. The fourth-order valence-corrected chi connectivity index (χ4v) is 2.49. The molecule has 0 aromatic rings. The second kappa shape index (κ2) is 5.99. The second-order valence-corrected chi connectivity index (χ2v) is 5.80. The molecule has 0 spiro atoms. The largest absolute Gasteiger partial charge is 0.313 e. The summed E-state index contributed by atoms with van der Waals surface area (Å²) in [4.78, 5) is 4.97. The number of nitrogens with one attached hydrogen (secondary N) is 1. The van der Waals surface area contributed by atoms with Crippen LogP contribution in [0.15, 0.2) is 0 Å². The van der Waals surface area contributed by atoms with Crippen molar-refractivity contribution in [3.8, 4) is 0 Å². The fraction of sp³-hybridized carbons (Fsp3) is 1.00. The third kappa shape index (κ3) is 4.40. The van der Waals surface area contributed by atoms with Gasteiger partial charge in [0.25, 0.3) is 0 Å². The van der Waals surface area contributed by atoms with Crippen LogP contribution in [0.3, 0.4) is 0 Å². The molecule has 16 heavy (non-hydrogen) atoms. The van der Waals surface area contributed by atoms with Crippen molar-refractivity contribution in [2.75, 3.05) is 46.8 Å². The summed E-state index contributed by atoms with van der Waals surface area (Å²) in [7, 11) is 4.34. The summed E-state index contributed by atoms with van der Waals surface area (Å²) < 4.78 is 0. The maximum atomic E-state index is 3.61. The van der Waals surface area contributed by atoms with Gasteiger partial charge in [-0.3, -0.25) is 0 Å². The topological polar surface area (TPSA) is 18.5 Å². The third-order valence-electron chi connectivity index (χ3n) is 3.72. The summed E-state index contributed by atoms with van der Waals surface area (Å²) >= 11 is 0. The Hall–Kier alpha value is -0.120. The first-order chi connectivity index (χ1) is 7.74. The SMILES string of the molecule is CN(C)CCN(CC1CC1)CC1CCCN1. The summed E-state index contributed by atoms with van der Waals surface area (Å²) in [5, 5.41) is 3.61. The van der Waals surface area contributed by atoms with Gasteiger partial charge in [0.1, 0.15) is 0 Å². The number of rotatable bonds is 7. The van der Waals surface area contributed by atoms with Gasteiger partial charge in [0.2, 0.25) is 0 Å². The first kappa shape index (κ1) is 12.3. The van der Waals surface area contributed by atoms with Crippen LogP contribution in [0, 0.1) is 5.92 Å². The van der Waals surface area contributed by atoms with Crippen LogP contribution in [-0.4, -0.2) is 62.7 Å². The highest BCUT2D eigenvalue weighted by Gasteiger charge is 2.26. The third-order valence-corrected chi connectivity index (χ3v) is 3.72. The van der Waals surface area contributed by atoms with Crippen molar-refractivity contribution in [3.63, 3.8) is 0 Å². The maximum absolute atomic E-state index is 3.61. The van der Waals surface area contributed by atoms with E-state index in [4.69, 9.17) is 0 Å². The standard InChI is InChI=1S/C13H27N3/c1-15(2)8-9-16(10-12-5-6-12)11-13-4-3-7-14-13/h12-14H,3-11H2,1-2H3. The van der Waals surface area contributed by atoms with Gasteiger partial charge in [0, 0.05) is 32.2 Å². The Bertz CT molecular complexity index is 195. The van der Waals surface area contributed by atoms with Gasteiger partial charge in [-0.1, -0.05) is 0 Å². The van der Waals surface area contributed by atoms with Crippen molar-refractivity contribution in [2.24, 2.45) is 5.92 Å². The summed E-state index contributed by atoms with van der Waals surface area (Å²) in [6.45, 7) is 6.27. The molecule has 1 unspecified atom stereocenters. The molecule has 1 aliphatic heterocycles. The van der Waals surface area contributed by atoms with Gasteiger partial charge in [-0.25, -0.2) is 0 Å². The zero-order valence-electron chi connectivity index (χ0n) is 10.9. The Balaban J connectivity index is 1.71. The highest BCUT2D eigenvalue weighted by atomic mass is 15.2. The van der Waals surface area contributed by atoms with Crippen molar-refractivity contribution in [3.05, 3.63) is 0 Å². The molecule has 2 fully saturated rings. The van der Waals surface area contributed by atoms with Crippen molar-refractivity contribution < 1.29 is 0 Å². The number of nitrogens with zero attached hydrogens (tertiary/aromatic N) is 2. The van der Waals surface area contributed by atoms with E-state index in [9.17, 15) is 0 Å². The van der Waals surface area contributed by atoms with Crippen molar-refractivity contribution in [1.82, 2.24) is 15.1 Å². The molecule has 3 nitrogen and oxygen atoms in total. The van der Waals surface area contributed by atoms with Gasteiger partial charge in [-0.2, -0.15) is 0 Å². The molecule has 1 atom stereocenters. The zero-order valence-corrected chi connectivity index (χ0v) is 10.9. The van der Waals surface area contributed by atoms with E-state index in [2.05, 4.69) is 29.2 Å². The van der Waals surface area contributed by atoms with Crippen LogP contribution in [0.25, 0.3) is 0 Å². The number of likely N-dealkylation sites (N-methyl/N-ethyl adjacent to an activating group) is 1. The molecule has 2 rings (SSSR count). The fourth-order valence-electron chi connectivity index (χ4n) is 2.49. The highest BCUT2D eigenvalue weighted by molar-refractivity contribution is 4.82. The number of hydrogen-bond donors (Lipinski definition) is 1. The molecule has 0 aromatic carbocycles. The van der Waals surface area contributed by atoms with Gasteiger partial charge in [-0.05, 0) is 52.2 Å². The lowest BCUT2D eigenvalue weighted by atomic mass is 10.2. The molecule has 0 bridgehead atoms. The molecule has 2 aliphatic rings. The van der Waals surface area contributed by atoms with Crippen LogP contribution in [-0.2, 0) is 0 Å². The van der Waals surface area contributed by atoms with Crippen molar-refractivity contribution in [2.45, 2.75) is 31.7 Å². The van der Waals surface area contributed by atoms with Crippen LogP contribution in [0.1, 0.15) is 25.7 Å². The Morgan fingerprint density at radius 2 is 1.88 bits per heavy atom. The van der Waals surface area contributed by atoms with E-state index in [1.165, 1.54) is 58.4 Å². The quantitative estimate of drug-likeness (QED) is 0.698. The van der Waals surface area contributed by atoms with Crippen LogP contribution in [0.2, 0.25) is 0 Å². The predicted octanol–water partition coefficient (Wildman–Crippen LogP) is 1.01. The van der Waals surface area contributed by atoms with Gasteiger partial charge in [0.15, 0.2) is 0 Å². The molecule has 1 saturated heterocycles. The Kier molecular flexibility index (Phi) is 4.62. The van der Waals surface area contributed by atoms with Crippen LogP contribution < -0.4 is 5.32 Å². The minimum Gasteiger partial charge on any atom is -0.313 e. The summed E-state index contributed by atoms with van der Waals surface area (Å²) in [6, 6.07) is 0.765. The molecule has 1 aliphatic carbocycles. The molecular formula is C13H27N3. The van der Waals surface area contributed by atoms with Gasteiger partial charge in [0.05, 0.1) is 0 Å². The highest BCUT2D eigenvalue weighted by Crippen LogP contribution is 2.29. The van der Waals surface area contributed by atoms with E-state index >= 15 is 0 Å². The van der Waals surface area contributed by atoms with Gasteiger partial charge in [-0.15, -0.1) is 0 Å². The number of hydrogen-bond acceptors (Lipinski definition) is 3. The van der Waals surface area contributed by atoms with Crippen LogP contribution in [0.4, 0.5) is 0 Å². The maximum Gasteiger partial charge on any atom is 0.0195 e. The molecule has 0 radical (unpaired) electrons. The lowest BCUT2D eigenvalue weighted by Gasteiger charge is -2.27. The van der Waals surface area contributed by atoms with Crippen LogP contribution >= 0.6 is 0 Å². The van der Waals surface area contributed by atoms with E-state index in [-0.39, 0.29) is 0 Å². The Morgan fingerprint density at radius 1 is 1.06 bits per heavy atom. The van der Waals surface area contributed by atoms with Crippen molar-refractivity contribution >= 4 is 0 Å². The van der Waals surface area contributed by atoms with Crippen LogP contribution in [0.5, 0.6) is 0 Å². The minimum atomic E-state index is 0.765. The van der Waals surface area contributed by atoms with Crippen molar-refractivity contribution in [1.29, 1.82) is 0 Å². The molecule has 94 valence electrons. The van der Waals surface area contributed by atoms with E-state index in [0.29, 0.717) is 0 Å². The summed E-state index contributed by atoms with van der Waals surface area (Å²) in [5.74, 6) is 1.02. The van der Waals surface area contributed by atoms with E-state index < -0.39 is 0 Å². The van der Waals surface area contributed by atoms with E-state index in [0.717, 1.165) is 12.0 Å². The monoisotopic (exact) mass is 225 g/mol. The molecule has 0 amide bonds. The smallest absolute Gasteiger partial charge is 0.0195 e. The zero-order chi connectivity index (χ0) is 11.4. The molecule has 1 N–H and O–H groups in total. The molecule has 3 heteroatoms. The lowest BCUT2D eigenvalue weighted by Crippen LogP contribution is -2.41. The van der Waals surface area contributed by atoms with Gasteiger partial charge < -0.3 is 15.1 Å². The Morgan fingerprint density at radius 3 is 2.44 bits per heavy atom. The second-order valence-electron chi connectivity index (χ2n) is 5.80. The average Bonchev–Trinajstić information content (AvgIpc) is 2.90. The first-order valence-corrected chi connectivity index (χ1v) is 6.84. The summed E-state index contributed by atoms with van der Waals surface area (Å²) in [5.41, 5.74) is 0. The lowest BCUT2D eigenvalue weighted by molar-refractivity contribution is 0.215. The Labute approximate surface area is 100 Å². The van der Waals surface area contributed by atoms with E-state index in [1.807, 2.05) is 0 Å². The summed E-state index contributed by atoms with van der Waals surface area (Å²) in [6.07, 6.45) is 5.69. The van der Waals surface area contributed by atoms with E-state index in [1.54, 1.807) is 0 Å². The normalized spacial score (nSPS) is 25.9.